The predicted octanol–water partition coefficient (Wildman–Crippen LogP) is 2.93. The van der Waals surface area contributed by atoms with E-state index >= 15 is 0 Å². The summed E-state index contributed by atoms with van der Waals surface area (Å²) in [6, 6.07) is 11.4. The molecule has 0 aliphatic carbocycles. The fourth-order valence-corrected chi connectivity index (χ4v) is 3.35. The van der Waals surface area contributed by atoms with Crippen molar-refractivity contribution in [2.24, 2.45) is 4.99 Å². The van der Waals surface area contributed by atoms with Crippen molar-refractivity contribution in [2.45, 2.75) is 19.0 Å². The summed E-state index contributed by atoms with van der Waals surface area (Å²) in [6.07, 6.45) is 2.53. The normalized spacial score (nSPS) is 17.6. The molecule has 0 radical (unpaired) electrons. The average Bonchev–Trinajstić information content (AvgIpc) is 3.07. The molecule has 1 aliphatic rings. The SMILES string of the molecule is CN=C(NCc1cccc(Br)c1)NC1CCN(c2ncccc2F)C1. The Hall–Kier alpha value is -2.15. The molecule has 1 atom stereocenters. The van der Waals surface area contributed by atoms with E-state index < -0.39 is 0 Å². The first-order valence-electron chi connectivity index (χ1n) is 8.23. The van der Waals surface area contributed by atoms with E-state index in [1.807, 2.05) is 17.0 Å². The fraction of sp³-hybridized carbons (Fsp3) is 0.333. The minimum atomic E-state index is -0.277. The van der Waals surface area contributed by atoms with Gasteiger partial charge in [-0.2, -0.15) is 0 Å². The molecule has 1 aromatic carbocycles. The van der Waals surface area contributed by atoms with E-state index in [0.29, 0.717) is 18.9 Å². The lowest BCUT2D eigenvalue weighted by atomic mass is 10.2. The summed E-state index contributed by atoms with van der Waals surface area (Å²) in [5.74, 6) is 0.887. The Morgan fingerprint density at radius 3 is 3.04 bits per heavy atom. The first-order chi connectivity index (χ1) is 12.2. The van der Waals surface area contributed by atoms with Gasteiger partial charge in [0.05, 0.1) is 0 Å². The van der Waals surface area contributed by atoms with Crippen LogP contribution in [0, 0.1) is 5.82 Å². The molecule has 1 saturated heterocycles. The van der Waals surface area contributed by atoms with Gasteiger partial charge in [-0.3, -0.25) is 4.99 Å². The summed E-state index contributed by atoms with van der Waals surface area (Å²) in [5.41, 5.74) is 1.17. The second kappa shape index (κ2) is 8.29. The van der Waals surface area contributed by atoms with Crippen LogP contribution in [0.4, 0.5) is 10.2 Å². The van der Waals surface area contributed by atoms with Crippen molar-refractivity contribution < 1.29 is 4.39 Å². The summed E-state index contributed by atoms with van der Waals surface area (Å²) in [6.45, 7) is 2.16. The van der Waals surface area contributed by atoms with E-state index in [1.54, 1.807) is 19.3 Å². The summed E-state index contributed by atoms with van der Waals surface area (Å²) < 4.78 is 14.9. The Kier molecular flexibility index (Phi) is 5.86. The molecule has 1 fully saturated rings. The topological polar surface area (TPSA) is 52.6 Å². The number of pyridine rings is 1. The molecule has 2 aromatic rings. The molecule has 0 saturated carbocycles. The van der Waals surface area contributed by atoms with E-state index in [0.717, 1.165) is 23.4 Å². The second-order valence-electron chi connectivity index (χ2n) is 5.94. The van der Waals surface area contributed by atoms with E-state index in [2.05, 4.69) is 48.7 Å². The molecule has 0 bridgehead atoms. The third-order valence-electron chi connectivity index (χ3n) is 4.14. The molecular weight excluding hydrogens is 385 g/mol. The zero-order valence-electron chi connectivity index (χ0n) is 14.0. The van der Waals surface area contributed by atoms with Crippen molar-refractivity contribution in [3.8, 4) is 0 Å². The number of aromatic nitrogens is 1. The largest absolute Gasteiger partial charge is 0.352 e. The van der Waals surface area contributed by atoms with Crippen LogP contribution in [0.1, 0.15) is 12.0 Å². The molecule has 7 heteroatoms. The minimum Gasteiger partial charge on any atom is -0.352 e. The van der Waals surface area contributed by atoms with Gasteiger partial charge >= 0.3 is 0 Å². The van der Waals surface area contributed by atoms with Crippen molar-refractivity contribution in [1.82, 2.24) is 15.6 Å². The van der Waals surface area contributed by atoms with Gasteiger partial charge in [0.15, 0.2) is 17.6 Å². The fourth-order valence-electron chi connectivity index (χ4n) is 2.90. The Morgan fingerprint density at radius 1 is 1.40 bits per heavy atom. The summed E-state index contributed by atoms with van der Waals surface area (Å²) >= 11 is 3.48. The highest BCUT2D eigenvalue weighted by Crippen LogP contribution is 2.20. The van der Waals surface area contributed by atoms with Crippen molar-refractivity contribution in [1.29, 1.82) is 0 Å². The molecule has 1 unspecified atom stereocenters. The van der Waals surface area contributed by atoms with E-state index in [1.165, 1.54) is 11.6 Å². The highest BCUT2D eigenvalue weighted by molar-refractivity contribution is 9.10. The van der Waals surface area contributed by atoms with Crippen LogP contribution in [-0.4, -0.2) is 37.1 Å². The number of guanidine groups is 1. The molecule has 1 aromatic heterocycles. The van der Waals surface area contributed by atoms with Crippen LogP contribution < -0.4 is 15.5 Å². The first kappa shape index (κ1) is 17.7. The molecule has 5 nitrogen and oxygen atoms in total. The van der Waals surface area contributed by atoms with Gasteiger partial charge in [0.1, 0.15) is 0 Å². The van der Waals surface area contributed by atoms with Crippen LogP contribution in [0.2, 0.25) is 0 Å². The smallest absolute Gasteiger partial charge is 0.191 e. The second-order valence-corrected chi connectivity index (χ2v) is 6.86. The number of hydrogen-bond donors (Lipinski definition) is 2. The van der Waals surface area contributed by atoms with Crippen molar-refractivity contribution in [3.63, 3.8) is 0 Å². The number of anilines is 1. The molecule has 1 aliphatic heterocycles. The molecule has 132 valence electrons. The molecule has 2 heterocycles. The van der Waals surface area contributed by atoms with Gasteiger partial charge in [-0.05, 0) is 36.2 Å². The first-order valence-corrected chi connectivity index (χ1v) is 9.02. The van der Waals surface area contributed by atoms with Crippen LogP contribution in [0.5, 0.6) is 0 Å². The van der Waals surface area contributed by atoms with Crippen LogP contribution in [0.25, 0.3) is 0 Å². The summed E-state index contributed by atoms with van der Waals surface area (Å²) in [7, 11) is 1.75. The molecule has 3 rings (SSSR count). The van der Waals surface area contributed by atoms with E-state index in [-0.39, 0.29) is 11.9 Å². The Balaban J connectivity index is 1.54. The zero-order chi connectivity index (χ0) is 17.6. The number of halogens is 2. The van der Waals surface area contributed by atoms with Crippen LogP contribution in [-0.2, 0) is 6.54 Å². The molecular formula is C18H21BrFN5. The standard InChI is InChI=1S/C18H21BrFN5/c1-21-18(23-11-13-4-2-5-14(19)10-13)24-15-7-9-25(12-15)17-16(20)6-3-8-22-17/h2-6,8,10,15H,7,9,11-12H2,1H3,(H2,21,23,24). The van der Waals surface area contributed by atoms with Gasteiger partial charge in [0.25, 0.3) is 0 Å². The maximum Gasteiger partial charge on any atom is 0.191 e. The molecule has 2 N–H and O–H groups in total. The van der Waals surface area contributed by atoms with Gasteiger partial charge in [-0.25, -0.2) is 9.37 Å². The quantitative estimate of drug-likeness (QED) is 0.606. The van der Waals surface area contributed by atoms with Crippen molar-refractivity contribution >= 4 is 27.7 Å². The van der Waals surface area contributed by atoms with Crippen LogP contribution >= 0.6 is 15.9 Å². The molecule has 0 spiro atoms. The predicted molar refractivity (Wildman–Crippen MR) is 102 cm³/mol. The Labute approximate surface area is 155 Å². The van der Waals surface area contributed by atoms with Crippen LogP contribution in [0.3, 0.4) is 0 Å². The van der Waals surface area contributed by atoms with Crippen LogP contribution in [0.15, 0.2) is 52.1 Å². The average molecular weight is 406 g/mol. The third kappa shape index (κ3) is 4.69. The summed E-state index contributed by atoms with van der Waals surface area (Å²) in [4.78, 5) is 10.4. The van der Waals surface area contributed by atoms with Gasteiger partial charge in [0, 0.05) is 43.4 Å². The van der Waals surface area contributed by atoms with E-state index in [9.17, 15) is 4.39 Å². The Morgan fingerprint density at radius 2 is 2.28 bits per heavy atom. The highest BCUT2D eigenvalue weighted by Gasteiger charge is 2.25. The lowest BCUT2D eigenvalue weighted by Crippen LogP contribution is -2.44. The monoisotopic (exact) mass is 405 g/mol. The lowest BCUT2D eigenvalue weighted by molar-refractivity contribution is 0.612. The maximum atomic E-state index is 13.9. The number of nitrogens with one attached hydrogen (secondary N) is 2. The molecule has 25 heavy (non-hydrogen) atoms. The summed E-state index contributed by atoms with van der Waals surface area (Å²) in [5, 5.41) is 6.72. The van der Waals surface area contributed by atoms with Crippen molar-refractivity contribution in [2.75, 3.05) is 25.0 Å². The van der Waals surface area contributed by atoms with Gasteiger partial charge in [-0.15, -0.1) is 0 Å². The number of aliphatic imine (C=N–C) groups is 1. The van der Waals surface area contributed by atoms with Gasteiger partial charge < -0.3 is 15.5 Å². The maximum absolute atomic E-state index is 13.9. The van der Waals surface area contributed by atoms with E-state index in [4.69, 9.17) is 0 Å². The number of nitrogens with zero attached hydrogens (tertiary/aromatic N) is 3. The third-order valence-corrected chi connectivity index (χ3v) is 4.63. The Bertz CT molecular complexity index is 752. The zero-order valence-corrected chi connectivity index (χ0v) is 15.6. The number of hydrogen-bond acceptors (Lipinski definition) is 3. The number of rotatable bonds is 4. The van der Waals surface area contributed by atoms with Gasteiger partial charge in [-0.1, -0.05) is 28.1 Å². The molecule has 0 amide bonds. The van der Waals surface area contributed by atoms with Crippen molar-refractivity contribution in [3.05, 3.63) is 58.4 Å². The number of benzene rings is 1. The lowest BCUT2D eigenvalue weighted by Gasteiger charge is -2.20. The van der Waals surface area contributed by atoms with Gasteiger partial charge in [0.2, 0.25) is 0 Å². The minimum absolute atomic E-state index is 0.204. The highest BCUT2D eigenvalue weighted by atomic mass is 79.9.